The number of carboxylic acids is 1. The highest BCUT2D eigenvalue weighted by atomic mass is 16.6. The number of benzene rings is 3. The molecule has 0 heterocycles. The van der Waals surface area contributed by atoms with E-state index in [0.717, 1.165) is 27.8 Å². The van der Waals surface area contributed by atoms with Crippen LogP contribution in [0.5, 0.6) is 0 Å². The fourth-order valence-corrected chi connectivity index (χ4v) is 5.06. The number of unbranched alkanes of at least 4 members (excludes halogenated alkanes) is 1. The SMILES string of the molecule is CC(C)(C)OC(=O)N(CCCCC(NC(=O)OCC1c2ccccc2-c2ccccc21)C(=O)O)Cc1ccccc1. The van der Waals surface area contributed by atoms with Crippen molar-refractivity contribution in [3.63, 3.8) is 0 Å². The molecule has 1 atom stereocenters. The van der Waals surface area contributed by atoms with E-state index in [2.05, 4.69) is 17.4 Å². The van der Waals surface area contributed by atoms with Crippen LogP contribution in [-0.2, 0) is 20.8 Å². The molecule has 1 aliphatic rings. The fourth-order valence-electron chi connectivity index (χ4n) is 5.06. The number of nitrogens with one attached hydrogen (secondary N) is 1. The number of hydrogen-bond donors (Lipinski definition) is 2. The first-order valence-corrected chi connectivity index (χ1v) is 14.0. The molecule has 8 heteroatoms. The van der Waals surface area contributed by atoms with Crippen LogP contribution >= 0.6 is 0 Å². The molecular formula is C33H38N2O6. The molecule has 1 aliphatic carbocycles. The number of fused-ring (bicyclic) bond motifs is 3. The Balaban J connectivity index is 1.29. The van der Waals surface area contributed by atoms with Crippen LogP contribution in [0.3, 0.4) is 0 Å². The van der Waals surface area contributed by atoms with E-state index in [1.165, 1.54) is 0 Å². The molecule has 0 aromatic heterocycles. The minimum absolute atomic E-state index is 0.108. The van der Waals surface area contributed by atoms with Gasteiger partial charge in [-0.1, -0.05) is 78.9 Å². The summed E-state index contributed by atoms with van der Waals surface area (Å²) in [5.74, 6) is -1.24. The van der Waals surface area contributed by atoms with Gasteiger partial charge < -0.3 is 24.8 Å². The lowest BCUT2D eigenvalue weighted by Gasteiger charge is -2.27. The molecular weight excluding hydrogens is 520 g/mol. The maximum absolute atomic E-state index is 12.8. The van der Waals surface area contributed by atoms with Crippen LogP contribution in [0, 0.1) is 0 Å². The van der Waals surface area contributed by atoms with Crippen molar-refractivity contribution in [2.24, 2.45) is 0 Å². The van der Waals surface area contributed by atoms with Gasteiger partial charge in [-0.3, -0.25) is 0 Å². The summed E-state index contributed by atoms with van der Waals surface area (Å²) < 4.78 is 11.1. The van der Waals surface area contributed by atoms with E-state index >= 15 is 0 Å². The van der Waals surface area contributed by atoms with Crippen LogP contribution in [0.1, 0.15) is 62.6 Å². The van der Waals surface area contributed by atoms with Gasteiger partial charge in [-0.05, 0) is 67.9 Å². The number of carbonyl (C=O) groups excluding carboxylic acids is 2. The van der Waals surface area contributed by atoms with Gasteiger partial charge in [0.2, 0.25) is 0 Å². The molecule has 41 heavy (non-hydrogen) atoms. The summed E-state index contributed by atoms with van der Waals surface area (Å²) in [7, 11) is 0. The predicted octanol–water partition coefficient (Wildman–Crippen LogP) is 6.59. The summed E-state index contributed by atoms with van der Waals surface area (Å²) in [6.07, 6.45) is 0.0378. The third-order valence-corrected chi connectivity index (χ3v) is 6.97. The zero-order chi connectivity index (χ0) is 29.4. The molecule has 0 saturated heterocycles. The van der Waals surface area contributed by atoms with Crippen LogP contribution in [0.2, 0.25) is 0 Å². The van der Waals surface area contributed by atoms with Gasteiger partial charge in [-0.25, -0.2) is 14.4 Å². The molecule has 0 bridgehead atoms. The smallest absolute Gasteiger partial charge is 0.410 e. The number of hydrogen-bond acceptors (Lipinski definition) is 5. The highest BCUT2D eigenvalue weighted by molar-refractivity contribution is 5.81. The van der Waals surface area contributed by atoms with Crippen molar-refractivity contribution in [1.29, 1.82) is 0 Å². The third kappa shape index (κ3) is 8.10. The zero-order valence-electron chi connectivity index (χ0n) is 23.8. The maximum Gasteiger partial charge on any atom is 0.410 e. The number of carboxylic acid groups (broad SMARTS) is 1. The quantitative estimate of drug-likeness (QED) is 0.257. The largest absolute Gasteiger partial charge is 0.480 e. The van der Waals surface area contributed by atoms with E-state index in [0.29, 0.717) is 25.9 Å². The highest BCUT2D eigenvalue weighted by Gasteiger charge is 2.30. The van der Waals surface area contributed by atoms with E-state index in [9.17, 15) is 19.5 Å². The van der Waals surface area contributed by atoms with Crippen molar-refractivity contribution < 1.29 is 29.0 Å². The Labute approximate surface area is 241 Å². The number of carbonyl (C=O) groups is 3. The van der Waals surface area contributed by atoms with Gasteiger partial charge in [-0.2, -0.15) is 0 Å². The summed E-state index contributed by atoms with van der Waals surface area (Å²) in [5, 5.41) is 12.2. The summed E-state index contributed by atoms with van der Waals surface area (Å²) >= 11 is 0. The molecule has 4 rings (SSSR count). The molecule has 216 valence electrons. The first kappa shape index (κ1) is 29.6. The van der Waals surface area contributed by atoms with Crippen molar-refractivity contribution in [3.05, 3.63) is 95.6 Å². The first-order chi connectivity index (χ1) is 19.6. The van der Waals surface area contributed by atoms with E-state index in [4.69, 9.17) is 9.47 Å². The lowest BCUT2D eigenvalue weighted by molar-refractivity contribution is -0.139. The Hall–Kier alpha value is -4.33. The molecule has 8 nitrogen and oxygen atoms in total. The lowest BCUT2D eigenvalue weighted by Crippen LogP contribution is -2.41. The third-order valence-electron chi connectivity index (χ3n) is 6.97. The molecule has 3 aromatic carbocycles. The van der Waals surface area contributed by atoms with Crippen molar-refractivity contribution in [1.82, 2.24) is 10.2 Å². The topological polar surface area (TPSA) is 105 Å². The van der Waals surface area contributed by atoms with E-state index in [1.54, 1.807) is 4.90 Å². The summed E-state index contributed by atoms with van der Waals surface area (Å²) in [5.41, 5.74) is 4.75. The summed E-state index contributed by atoms with van der Waals surface area (Å²) in [6.45, 7) is 6.34. The summed E-state index contributed by atoms with van der Waals surface area (Å²) in [4.78, 5) is 39.0. The lowest BCUT2D eigenvalue weighted by atomic mass is 9.98. The van der Waals surface area contributed by atoms with Gasteiger partial charge in [0, 0.05) is 19.0 Å². The molecule has 3 aromatic rings. The highest BCUT2D eigenvalue weighted by Crippen LogP contribution is 2.44. The van der Waals surface area contributed by atoms with Crippen molar-refractivity contribution in [2.45, 2.75) is 64.1 Å². The normalized spacial score (nSPS) is 13.0. The molecule has 0 fully saturated rings. The molecule has 0 saturated carbocycles. The van der Waals surface area contributed by atoms with E-state index in [-0.39, 0.29) is 18.9 Å². The van der Waals surface area contributed by atoms with Gasteiger partial charge >= 0.3 is 18.2 Å². The van der Waals surface area contributed by atoms with Crippen LogP contribution in [0.25, 0.3) is 11.1 Å². The van der Waals surface area contributed by atoms with Gasteiger partial charge in [0.15, 0.2) is 0 Å². The molecule has 1 unspecified atom stereocenters. The maximum atomic E-state index is 12.8. The minimum atomic E-state index is -1.13. The van der Waals surface area contributed by atoms with Gasteiger partial charge in [-0.15, -0.1) is 0 Å². The van der Waals surface area contributed by atoms with Crippen LogP contribution in [-0.4, -0.2) is 53.0 Å². The Morgan fingerprint density at radius 1 is 0.878 bits per heavy atom. The Kier molecular flexibility index (Phi) is 9.65. The van der Waals surface area contributed by atoms with Gasteiger partial charge in [0.05, 0.1) is 0 Å². The molecule has 2 N–H and O–H groups in total. The molecule has 0 spiro atoms. The number of ether oxygens (including phenoxy) is 2. The average molecular weight is 559 g/mol. The van der Waals surface area contributed by atoms with Gasteiger partial charge in [0.25, 0.3) is 0 Å². The van der Waals surface area contributed by atoms with Crippen LogP contribution < -0.4 is 5.32 Å². The van der Waals surface area contributed by atoms with E-state index in [1.807, 2.05) is 87.5 Å². The number of alkyl carbamates (subject to hydrolysis) is 1. The monoisotopic (exact) mass is 558 g/mol. The molecule has 0 radical (unpaired) electrons. The second-order valence-electron chi connectivity index (χ2n) is 11.2. The zero-order valence-corrected chi connectivity index (χ0v) is 23.8. The average Bonchev–Trinajstić information content (AvgIpc) is 3.26. The Bertz CT molecular complexity index is 1310. The van der Waals surface area contributed by atoms with Crippen molar-refractivity contribution >= 4 is 18.2 Å². The second-order valence-corrected chi connectivity index (χ2v) is 11.2. The Morgan fingerprint density at radius 3 is 2.05 bits per heavy atom. The first-order valence-electron chi connectivity index (χ1n) is 14.0. The van der Waals surface area contributed by atoms with Crippen molar-refractivity contribution in [2.75, 3.05) is 13.2 Å². The molecule has 0 aliphatic heterocycles. The summed E-state index contributed by atoms with van der Waals surface area (Å²) in [6, 6.07) is 24.6. The Morgan fingerprint density at radius 2 is 1.46 bits per heavy atom. The van der Waals surface area contributed by atoms with Crippen LogP contribution in [0.15, 0.2) is 78.9 Å². The fraction of sp³-hybridized carbons (Fsp3) is 0.364. The number of aliphatic carboxylic acids is 1. The predicted molar refractivity (Wildman–Crippen MR) is 157 cm³/mol. The number of rotatable bonds is 11. The van der Waals surface area contributed by atoms with E-state index < -0.39 is 29.8 Å². The number of amides is 2. The number of nitrogens with zero attached hydrogens (tertiary/aromatic N) is 1. The van der Waals surface area contributed by atoms with Crippen molar-refractivity contribution in [3.8, 4) is 11.1 Å². The standard InChI is InChI=1S/C33H38N2O6/c1-33(2,3)41-32(39)35(21-23-13-5-4-6-14-23)20-12-11-19-29(30(36)37)34-31(38)40-22-28-26-17-9-7-15-24(26)25-16-8-10-18-27(25)28/h4-10,13-18,28-29H,11-12,19-22H2,1-3H3,(H,34,38)(H,36,37). The van der Waals surface area contributed by atoms with Crippen LogP contribution in [0.4, 0.5) is 9.59 Å². The molecule has 2 amide bonds. The minimum Gasteiger partial charge on any atom is -0.480 e. The second kappa shape index (κ2) is 13.4. The van der Waals surface area contributed by atoms with Gasteiger partial charge in [0.1, 0.15) is 18.2 Å².